The van der Waals surface area contributed by atoms with Gasteiger partial charge in [0.2, 0.25) is 5.91 Å². The molecule has 1 aliphatic rings. The average molecular weight is 488 g/mol. The van der Waals surface area contributed by atoms with Gasteiger partial charge >= 0.3 is 0 Å². The minimum Gasteiger partial charge on any atom is -0.390 e. The summed E-state index contributed by atoms with van der Waals surface area (Å²) in [5.41, 5.74) is 4.29. The number of aliphatic hydroxyl groups excluding tert-OH is 1. The molecule has 2 atom stereocenters. The number of halogens is 2. The van der Waals surface area contributed by atoms with Gasteiger partial charge < -0.3 is 21.1 Å². The number of nitrogens with one attached hydrogen (secondary N) is 3. The Kier molecular flexibility index (Phi) is 10.2. The number of carbonyl (C=O) groups excluding carboxylic acids is 1. The molecule has 3 rings (SSSR count). The summed E-state index contributed by atoms with van der Waals surface area (Å²) in [5, 5.41) is 20.4. The molecule has 0 aromatic heterocycles. The first-order chi connectivity index (χ1) is 16.7. The third-order valence-electron chi connectivity index (χ3n) is 6.53. The zero-order chi connectivity index (χ0) is 25.4. The van der Waals surface area contributed by atoms with E-state index < -0.39 is 23.8 Å². The van der Waals surface area contributed by atoms with Crippen LogP contribution in [-0.2, 0) is 24.2 Å². The van der Waals surface area contributed by atoms with E-state index in [1.54, 1.807) is 0 Å². The monoisotopic (exact) mass is 487 g/mol. The third kappa shape index (κ3) is 8.67. The molecule has 0 bridgehead atoms. The standard InChI is InChI=1S/C28H39F2N3O2/c1-18(2)10-20-4-5-26(22-6-8-31-9-7-22)23(11-20)16-32-17-28(35)27(33-19(3)34)14-21-12-24(29)15-25(30)13-21/h4-5,11-13,15,18,22,27-28,31-32,35H,6-10,14,16-17H2,1-3H3,(H,33,34). The molecule has 4 N–H and O–H groups in total. The van der Waals surface area contributed by atoms with Crippen molar-refractivity contribution in [2.24, 2.45) is 5.92 Å². The molecule has 2 unspecified atom stereocenters. The highest BCUT2D eigenvalue weighted by atomic mass is 19.1. The summed E-state index contributed by atoms with van der Waals surface area (Å²) >= 11 is 0. The van der Waals surface area contributed by atoms with E-state index in [2.05, 4.69) is 48.0 Å². The van der Waals surface area contributed by atoms with Crippen molar-refractivity contribution < 1.29 is 18.7 Å². The zero-order valence-corrected chi connectivity index (χ0v) is 21.0. The highest BCUT2D eigenvalue weighted by Crippen LogP contribution is 2.29. The van der Waals surface area contributed by atoms with Crippen LogP contribution in [0.1, 0.15) is 61.8 Å². The molecule has 1 fully saturated rings. The average Bonchev–Trinajstić information content (AvgIpc) is 2.78. The van der Waals surface area contributed by atoms with Crippen LogP contribution in [-0.4, -0.2) is 42.8 Å². The van der Waals surface area contributed by atoms with E-state index in [0.717, 1.165) is 38.4 Å². The van der Waals surface area contributed by atoms with Crippen molar-refractivity contribution in [3.63, 3.8) is 0 Å². The van der Waals surface area contributed by atoms with Crippen LogP contribution in [0.5, 0.6) is 0 Å². The minimum atomic E-state index is -0.925. The molecular formula is C28H39F2N3O2. The molecular weight excluding hydrogens is 448 g/mol. The molecule has 192 valence electrons. The number of amides is 1. The topological polar surface area (TPSA) is 73.4 Å². The van der Waals surface area contributed by atoms with Crippen LogP contribution in [0.2, 0.25) is 0 Å². The summed E-state index contributed by atoms with van der Waals surface area (Å²) in [6, 6.07) is 9.37. The van der Waals surface area contributed by atoms with Crippen molar-refractivity contribution in [1.29, 1.82) is 0 Å². The second kappa shape index (κ2) is 13.1. The van der Waals surface area contributed by atoms with Gasteiger partial charge in [-0.05, 0) is 85.0 Å². The van der Waals surface area contributed by atoms with E-state index in [1.165, 1.54) is 35.7 Å². The molecule has 0 saturated carbocycles. The van der Waals surface area contributed by atoms with Gasteiger partial charge in [0.25, 0.3) is 0 Å². The van der Waals surface area contributed by atoms with Crippen LogP contribution < -0.4 is 16.0 Å². The minimum absolute atomic E-state index is 0.126. The van der Waals surface area contributed by atoms with E-state index in [-0.39, 0.29) is 18.9 Å². The zero-order valence-electron chi connectivity index (χ0n) is 21.0. The Morgan fingerprint density at radius 1 is 1.06 bits per heavy atom. The fourth-order valence-electron chi connectivity index (χ4n) is 4.97. The lowest BCUT2D eigenvalue weighted by Gasteiger charge is -2.27. The first kappa shape index (κ1) is 27.2. The molecule has 2 aromatic rings. The van der Waals surface area contributed by atoms with Gasteiger partial charge in [0, 0.05) is 26.1 Å². The second-order valence-corrected chi connectivity index (χ2v) is 10.1. The van der Waals surface area contributed by atoms with Gasteiger partial charge in [-0.2, -0.15) is 0 Å². The number of aliphatic hydroxyl groups is 1. The first-order valence-corrected chi connectivity index (χ1v) is 12.6. The third-order valence-corrected chi connectivity index (χ3v) is 6.53. The van der Waals surface area contributed by atoms with Gasteiger partial charge in [0.05, 0.1) is 12.1 Å². The van der Waals surface area contributed by atoms with Crippen molar-refractivity contribution in [3.05, 3.63) is 70.3 Å². The van der Waals surface area contributed by atoms with Crippen molar-refractivity contribution in [2.75, 3.05) is 19.6 Å². The SMILES string of the molecule is CC(=O)NC(Cc1cc(F)cc(F)c1)C(O)CNCc1cc(CC(C)C)ccc1C1CCNCC1. The van der Waals surface area contributed by atoms with Crippen LogP contribution in [0.3, 0.4) is 0 Å². The Labute approximate surface area is 207 Å². The van der Waals surface area contributed by atoms with Crippen molar-refractivity contribution in [3.8, 4) is 0 Å². The van der Waals surface area contributed by atoms with E-state index in [4.69, 9.17) is 0 Å². The molecule has 5 nitrogen and oxygen atoms in total. The van der Waals surface area contributed by atoms with Crippen molar-refractivity contribution >= 4 is 5.91 Å². The molecule has 1 heterocycles. The van der Waals surface area contributed by atoms with E-state index in [9.17, 15) is 18.7 Å². The highest BCUT2D eigenvalue weighted by molar-refractivity contribution is 5.73. The molecule has 7 heteroatoms. The Morgan fingerprint density at radius 2 is 1.74 bits per heavy atom. The number of hydrogen-bond donors (Lipinski definition) is 4. The van der Waals surface area contributed by atoms with Crippen molar-refractivity contribution in [2.45, 2.75) is 71.1 Å². The van der Waals surface area contributed by atoms with E-state index in [1.807, 2.05) is 0 Å². The summed E-state index contributed by atoms with van der Waals surface area (Å²) < 4.78 is 27.3. The Bertz CT molecular complexity index is 956. The smallest absolute Gasteiger partial charge is 0.217 e. The Hall–Kier alpha value is -2.35. The van der Waals surface area contributed by atoms with Gasteiger partial charge in [0.15, 0.2) is 0 Å². The molecule has 1 aliphatic heterocycles. The summed E-state index contributed by atoms with van der Waals surface area (Å²) in [6.45, 7) is 8.66. The summed E-state index contributed by atoms with van der Waals surface area (Å²) in [7, 11) is 0. The summed E-state index contributed by atoms with van der Waals surface area (Å²) in [4.78, 5) is 11.7. The van der Waals surface area contributed by atoms with Gasteiger partial charge in [-0.15, -0.1) is 0 Å². The number of hydrogen-bond acceptors (Lipinski definition) is 4. The van der Waals surface area contributed by atoms with Gasteiger partial charge in [-0.1, -0.05) is 32.0 Å². The van der Waals surface area contributed by atoms with Crippen LogP contribution >= 0.6 is 0 Å². The predicted molar refractivity (Wildman–Crippen MR) is 135 cm³/mol. The lowest BCUT2D eigenvalue weighted by Crippen LogP contribution is -2.48. The van der Waals surface area contributed by atoms with Crippen LogP contribution in [0, 0.1) is 17.6 Å². The van der Waals surface area contributed by atoms with Crippen LogP contribution in [0.25, 0.3) is 0 Å². The molecule has 0 aliphatic carbocycles. The number of carbonyl (C=O) groups is 1. The maximum absolute atomic E-state index is 13.6. The highest BCUT2D eigenvalue weighted by Gasteiger charge is 2.22. The summed E-state index contributed by atoms with van der Waals surface area (Å²) in [5.74, 6) is -0.586. The lowest BCUT2D eigenvalue weighted by atomic mass is 9.85. The summed E-state index contributed by atoms with van der Waals surface area (Å²) in [6.07, 6.45) is 2.42. The first-order valence-electron chi connectivity index (χ1n) is 12.6. The predicted octanol–water partition coefficient (Wildman–Crippen LogP) is 3.83. The normalized spacial score (nSPS) is 16.3. The van der Waals surface area contributed by atoms with Crippen LogP contribution in [0.15, 0.2) is 36.4 Å². The van der Waals surface area contributed by atoms with Crippen LogP contribution in [0.4, 0.5) is 8.78 Å². The number of benzene rings is 2. The quantitative estimate of drug-likeness (QED) is 0.389. The maximum atomic E-state index is 13.6. The molecule has 1 amide bonds. The fourth-order valence-corrected chi connectivity index (χ4v) is 4.97. The van der Waals surface area contributed by atoms with E-state index in [0.29, 0.717) is 23.9 Å². The molecule has 0 radical (unpaired) electrons. The Morgan fingerprint density at radius 3 is 2.37 bits per heavy atom. The van der Waals surface area contributed by atoms with E-state index >= 15 is 0 Å². The fraction of sp³-hybridized carbons (Fsp3) is 0.536. The van der Waals surface area contributed by atoms with Gasteiger partial charge in [0.1, 0.15) is 11.6 Å². The lowest BCUT2D eigenvalue weighted by molar-refractivity contribution is -0.120. The molecule has 35 heavy (non-hydrogen) atoms. The second-order valence-electron chi connectivity index (χ2n) is 10.1. The molecule has 1 saturated heterocycles. The van der Waals surface area contributed by atoms with Crippen molar-refractivity contribution in [1.82, 2.24) is 16.0 Å². The molecule has 2 aromatic carbocycles. The molecule has 0 spiro atoms. The Balaban J connectivity index is 1.69. The van der Waals surface area contributed by atoms with Gasteiger partial charge in [-0.25, -0.2) is 8.78 Å². The van der Waals surface area contributed by atoms with Gasteiger partial charge in [-0.3, -0.25) is 4.79 Å². The number of rotatable bonds is 11. The number of piperidine rings is 1. The largest absolute Gasteiger partial charge is 0.390 e. The maximum Gasteiger partial charge on any atom is 0.217 e.